The molecular formula is C9H10FO3S-. The summed E-state index contributed by atoms with van der Waals surface area (Å²) in [5.74, 6) is -0.273. The molecule has 1 aromatic rings. The molecule has 0 heterocycles. The first-order chi connectivity index (χ1) is 6.68. The van der Waals surface area contributed by atoms with Crippen LogP contribution in [0, 0.1) is 5.82 Å². The molecule has 0 radical (unpaired) electrons. The minimum atomic E-state index is -2.44. The topological polar surface area (TPSA) is 49.4 Å². The first-order valence-electron chi connectivity index (χ1n) is 4.15. The highest BCUT2D eigenvalue weighted by molar-refractivity contribution is 7.74. The van der Waals surface area contributed by atoms with Crippen molar-refractivity contribution in [1.29, 1.82) is 0 Å². The van der Waals surface area contributed by atoms with Crippen molar-refractivity contribution < 1.29 is 17.3 Å². The second kappa shape index (κ2) is 5.85. The van der Waals surface area contributed by atoms with Gasteiger partial charge < -0.3 is 8.74 Å². The summed E-state index contributed by atoms with van der Waals surface area (Å²) in [5, 5.41) is 0. The fourth-order valence-corrected chi connectivity index (χ4v) is 1.31. The van der Waals surface area contributed by atoms with Crippen LogP contribution in [0.15, 0.2) is 24.3 Å². The van der Waals surface area contributed by atoms with Crippen molar-refractivity contribution in [3.63, 3.8) is 0 Å². The van der Waals surface area contributed by atoms with E-state index < -0.39 is 11.4 Å². The van der Waals surface area contributed by atoms with E-state index in [2.05, 4.69) is 4.18 Å². The van der Waals surface area contributed by atoms with E-state index in [0.717, 1.165) is 5.56 Å². The third-order valence-corrected chi connectivity index (χ3v) is 2.06. The summed E-state index contributed by atoms with van der Waals surface area (Å²) in [6.07, 6.45) is 1.27. The summed E-state index contributed by atoms with van der Waals surface area (Å²) in [5.41, 5.74) is 0.965. The molecule has 14 heavy (non-hydrogen) atoms. The van der Waals surface area contributed by atoms with Crippen LogP contribution in [0.3, 0.4) is 0 Å². The van der Waals surface area contributed by atoms with Gasteiger partial charge in [0.1, 0.15) is 5.82 Å². The highest BCUT2D eigenvalue weighted by Crippen LogP contribution is 2.05. The molecule has 78 valence electrons. The third kappa shape index (κ3) is 4.45. The quantitative estimate of drug-likeness (QED) is 0.555. The average molecular weight is 217 g/mol. The largest absolute Gasteiger partial charge is 0.750 e. The smallest absolute Gasteiger partial charge is 0.123 e. The Bertz CT molecular complexity index is 299. The standard InChI is InChI=1S/C9H11FO3S/c10-9-5-3-8(4-6-9)2-1-7-13-14(11)12/h3-6H,1-2,7H2,(H,11,12)/p-1. The zero-order valence-electron chi connectivity index (χ0n) is 7.44. The van der Waals surface area contributed by atoms with Gasteiger partial charge in [-0.15, -0.1) is 0 Å². The maximum atomic E-state index is 12.5. The summed E-state index contributed by atoms with van der Waals surface area (Å²) in [4.78, 5) is 0. The molecule has 1 rings (SSSR count). The van der Waals surface area contributed by atoms with Crippen molar-refractivity contribution >= 4 is 11.4 Å². The third-order valence-electron chi connectivity index (χ3n) is 1.70. The van der Waals surface area contributed by atoms with Crippen LogP contribution in [-0.4, -0.2) is 15.4 Å². The Morgan fingerprint density at radius 2 is 2.00 bits per heavy atom. The van der Waals surface area contributed by atoms with E-state index in [9.17, 15) is 13.2 Å². The zero-order chi connectivity index (χ0) is 10.4. The summed E-state index contributed by atoms with van der Waals surface area (Å²) in [7, 11) is 0. The lowest BCUT2D eigenvalue weighted by Crippen LogP contribution is -1.99. The van der Waals surface area contributed by atoms with Gasteiger partial charge in [-0.05, 0) is 30.5 Å². The zero-order valence-corrected chi connectivity index (χ0v) is 8.26. The van der Waals surface area contributed by atoms with Gasteiger partial charge in [0, 0.05) is 0 Å². The van der Waals surface area contributed by atoms with Crippen LogP contribution in [0.5, 0.6) is 0 Å². The van der Waals surface area contributed by atoms with E-state index in [4.69, 9.17) is 0 Å². The Balaban J connectivity index is 2.25. The Labute approximate surface area is 84.4 Å². The molecule has 0 aliphatic rings. The van der Waals surface area contributed by atoms with E-state index >= 15 is 0 Å². The molecule has 0 aromatic heterocycles. The molecule has 5 heteroatoms. The van der Waals surface area contributed by atoms with Gasteiger partial charge >= 0.3 is 0 Å². The molecule has 0 fully saturated rings. The molecule has 0 saturated heterocycles. The van der Waals surface area contributed by atoms with E-state index in [1.54, 1.807) is 12.1 Å². The van der Waals surface area contributed by atoms with Gasteiger partial charge in [-0.1, -0.05) is 12.1 Å². The minimum absolute atomic E-state index is 0.160. The summed E-state index contributed by atoms with van der Waals surface area (Å²) in [6.45, 7) is 0.160. The molecule has 0 aliphatic heterocycles. The molecule has 0 aliphatic carbocycles. The van der Waals surface area contributed by atoms with Crippen molar-refractivity contribution in [2.24, 2.45) is 0 Å². The van der Waals surface area contributed by atoms with Gasteiger partial charge in [0.05, 0.1) is 18.0 Å². The number of benzene rings is 1. The normalized spacial score (nSPS) is 12.7. The molecular weight excluding hydrogens is 207 g/mol. The Kier molecular flexibility index (Phi) is 4.72. The van der Waals surface area contributed by atoms with Crippen molar-refractivity contribution in [2.45, 2.75) is 12.8 Å². The van der Waals surface area contributed by atoms with Gasteiger partial charge in [0.25, 0.3) is 0 Å². The monoisotopic (exact) mass is 217 g/mol. The average Bonchev–Trinajstić information content (AvgIpc) is 2.15. The predicted octanol–water partition coefficient (Wildman–Crippen LogP) is 1.57. The lowest BCUT2D eigenvalue weighted by molar-refractivity contribution is 0.295. The number of halogens is 1. The van der Waals surface area contributed by atoms with Crippen LogP contribution in [0.25, 0.3) is 0 Å². The van der Waals surface area contributed by atoms with Crippen LogP contribution in [0.4, 0.5) is 4.39 Å². The highest BCUT2D eigenvalue weighted by Gasteiger charge is 1.94. The lowest BCUT2D eigenvalue weighted by Gasteiger charge is -2.05. The van der Waals surface area contributed by atoms with Crippen molar-refractivity contribution in [1.82, 2.24) is 0 Å². The molecule has 0 N–H and O–H groups in total. The molecule has 0 spiro atoms. The van der Waals surface area contributed by atoms with E-state index in [1.807, 2.05) is 0 Å². The molecule has 0 bridgehead atoms. The van der Waals surface area contributed by atoms with Crippen molar-refractivity contribution in [3.8, 4) is 0 Å². The molecule has 0 amide bonds. The van der Waals surface area contributed by atoms with Crippen LogP contribution in [0.2, 0.25) is 0 Å². The van der Waals surface area contributed by atoms with E-state index in [1.165, 1.54) is 12.1 Å². The van der Waals surface area contributed by atoms with Gasteiger partial charge in [0.15, 0.2) is 0 Å². The molecule has 1 atom stereocenters. The predicted molar refractivity (Wildman–Crippen MR) is 49.6 cm³/mol. The number of hydrogen-bond donors (Lipinski definition) is 0. The Morgan fingerprint density at radius 1 is 1.36 bits per heavy atom. The molecule has 0 saturated carbocycles. The second-order valence-electron chi connectivity index (χ2n) is 2.76. The van der Waals surface area contributed by atoms with Crippen molar-refractivity contribution in [3.05, 3.63) is 35.6 Å². The van der Waals surface area contributed by atoms with Gasteiger partial charge in [0.2, 0.25) is 0 Å². The van der Waals surface area contributed by atoms with Gasteiger partial charge in [-0.2, -0.15) is 0 Å². The summed E-state index contributed by atoms with van der Waals surface area (Å²) < 4.78 is 36.8. The highest BCUT2D eigenvalue weighted by atomic mass is 32.2. The van der Waals surface area contributed by atoms with E-state index in [0.29, 0.717) is 12.8 Å². The molecule has 1 unspecified atom stereocenters. The van der Waals surface area contributed by atoms with Gasteiger partial charge in [-0.25, -0.2) is 8.60 Å². The van der Waals surface area contributed by atoms with Crippen LogP contribution < -0.4 is 0 Å². The van der Waals surface area contributed by atoms with Crippen LogP contribution >= 0.6 is 0 Å². The Hall–Kier alpha value is -0.780. The summed E-state index contributed by atoms with van der Waals surface area (Å²) >= 11 is -2.44. The van der Waals surface area contributed by atoms with Crippen LogP contribution in [0.1, 0.15) is 12.0 Å². The fourth-order valence-electron chi connectivity index (χ4n) is 1.05. The minimum Gasteiger partial charge on any atom is -0.750 e. The maximum Gasteiger partial charge on any atom is 0.123 e. The van der Waals surface area contributed by atoms with E-state index in [-0.39, 0.29) is 12.4 Å². The SMILES string of the molecule is O=S([O-])OCCCc1ccc(F)cc1. The van der Waals surface area contributed by atoms with Crippen molar-refractivity contribution in [2.75, 3.05) is 6.61 Å². The first-order valence-corrected chi connectivity index (χ1v) is 5.15. The first kappa shape index (κ1) is 11.3. The summed E-state index contributed by atoms with van der Waals surface area (Å²) in [6, 6.07) is 6.09. The maximum absolute atomic E-state index is 12.5. The van der Waals surface area contributed by atoms with Crippen LogP contribution in [-0.2, 0) is 22.0 Å². The molecule has 1 aromatic carbocycles. The number of rotatable bonds is 5. The lowest BCUT2D eigenvalue weighted by atomic mass is 10.1. The van der Waals surface area contributed by atoms with Gasteiger partial charge in [-0.3, -0.25) is 0 Å². The second-order valence-corrected chi connectivity index (χ2v) is 3.40. The molecule has 3 nitrogen and oxygen atoms in total. The Morgan fingerprint density at radius 3 is 2.57 bits per heavy atom. The number of hydrogen-bond acceptors (Lipinski definition) is 3. The fraction of sp³-hybridized carbons (Fsp3) is 0.333. The number of aryl methyl sites for hydroxylation is 1.